The maximum atomic E-state index is 10.5. The number of carbonyl (C=O) groups is 1. The van der Waals surface area contributed by atoms with Gasteiger partial charge in [0.25, 0.3) is 0 Å². The fourth-order valence-corrected chi connectivity index (χ4v) is 2.47. The molecule has 1 saturated carbocycles. The Bertz CT molecular complexity index is 263. The number of carboxylic acid groups (broad SMARTS) is 1. The van der Waals surface area contributed by atoms with Crippen molar-refractivity contribution >= 4 is 5.97 Å². The Morgan fingerprint density at radius 2 is 2.20 bits per heavy atom. The second-order valence-corrected chi connectivity index (χ2v) is 4.15. The molecule has 2 unspecified atom stereocenters. The van der Waals surface area contributed by atoms with Crippen molar-refractivity contribution in [3.05, 3.63) is 12.3 Å². The molecule has 0 radical (unpaired) electrons. The zero-order chi connectivity index (χ0) is 10.7. The van der Waals surface area contributed by atoms with Gasteiger partial charge in [0, 0.05) is 18.8 Å². The van der Waals surface area contributed by atoms with Crippen molar-refractivity contribution in [2.24, 2.45) is 0 Å². The minimum Gasteiger partial charge on any atom is -0.478 e. The van der Waals surface area contributed by atoms with E-state index in [2.05, 4.69) is 4.90 Å². The third-order valence-corrected chi connectivity index (χ3v) is 3.18. The molecule has 84 valence electrons. The first-order valence-electron chi connectivity index (χ1n) is 5.56. The molecule has 0 amide bonds. The van der Waals surface area contributed by atoms with Gasteiger partial charge in [0.15, 0.2) is 0 Å². The number of rotatable bonds is 2. The Morgan fingerprint density at radius 1 is 1.40 bits per heavy atom. The molecule has 1 heterocycles. The molecule has 1 aliphatic heterocycles. The van der Waals surface area contributed by atoms with Crippen LogP contribution in [0.2, 0.25) is 0 Å². The molecule has 2 aliphatic rings. The average molecular weight is 211 g/mol. The van der Waals surface area contributed by atoms with Crippen LogP contribution in [0.25, 0.3) is 0 Å². The van der Waals surface area contributed by atoms with Gasteiger partial charge in [-0.15, -0.1) is 0 Å². The smallest absolute Gasteiger partial charge is 0.329 e. The van der Waals surface area contributed by atoms with Crippen molar-refractivity contribution < 1.29 is 14.6 Å². The van der Waals surface area contributed by atoms with Crippen molar-refractivity contribution in [2.75, 3.05) is 13.2 Å². The van der Waals surface area contributed by atoms with Crippen LogP contribution in [0, 0.1) is 0 Å². The van der Waals surface area contributed by atoms with E-state index in [1.165, 1.54) is 18.9 Å². The Balaban J connectivity index is 2.00. The molecular weight excluding hydrogens is 194 g/mol. The third-order valence-electron chi connectivity index (χ3n) is 3.18. The monoisotopic (exact) mass is 211 g/mol. The molecule has 2 atom stereocenters. The van der Waals surface area contributed by atoms with Gasteiger partial charge < -0.3 is 14.7 Å². The van der Waals surface area contributed by atoms with E-state index >= 15 is 0 Å². The van der Waals surface area contributed by atoms with E-state index in [-0.39, 0.29) is 0 Å². The lowest BCUT2D eigenvalue weighted by molar-refractivity contribution is -0.131. The van der Waals surface area contributed by atoms with Crippen molar-refractivity contribution in [1.29, 1.82) is 0 Å². The highest BCUT2D eigenvalue weighted by Gasteiger charge is 2.32. The van der Waals surface area contributed by atoms with Gasteiger partial charge in [-0.3, -0.25) is 0 Å². The summed E-state index contributed by atoms with van der Waals surface area (Å²) in [6.07, 6.45) is 7.92. The van der Waals surface area contributed by atoms with Crippen LogP contribution in [-0.4, -0.2) is 41.3 Å². The fourth-order valence-electron chi connectivity index (χ4n) is 2.47. The summed E-state index contributed by atoms with van der Waals surface area (Å²) in [7, 11) is 0. The normalized spacial score (nSPS) is 31.6. The second-order valence-electron chi connectivity index (χ2n) is 4.15. The molecule has 0 spiro atoms. The molecule has 15 heavy (non-hydrogen) atoms. The maximum Gasteiger partial charge on any atom is 0.329 e. The summed E-state index contributed by atoms with van der Waals surface area (Å²) in [6.45, 7) is 1.52. The van der Waals surface area contributed by atoms with Gasteiger partial charge in [0.1, 0.15) is 0 Å². The first-order valence-corrected chi connectivity index (χ1v) is 5.56. The van der Waals surface area contributed by atoms with E-state index in [9.17, 15) is 4.79 Å². The number of aliphatic carboxylic acids is 1. The molecule has 2 fully saturated rings. The van der Waals surface area contributed by atoms with Crippen molar-refractivity contribution in [3.63, 3.8) is 0 Å². The van der Waals surface area contributed by atoms with Gasteiger partial charge in [0.05, 0.1) is 18.8 Å². The van der Waals surface area contributed by atoms with Crippen LogP contribution in [0.15, 0.2) is 12.3 Å². The summed E-state index contributed by atoms with van der Waals surface area (Å²) < 4.78 is 5.70. The number of hydrogen-bond acceptors (Lipinski definition) is 3. The van der Waals surface area contributed by atoms with E-state index in [1.807, 2.05) is 0 Å². The molecule has 1 N–H and O–H groups in total. The topological polar surface area (TPSA) is 49.8 Å². The van der Waals surface area contributed by atoms with Crippen LogP contribution in [0.3, 0.4) is 0 Å². The summed E-state index contributed by atoms with van der Waals surface area (Å²) >= 11 is 0. The molecule has 4 nitrogen and oxygen atoms in total. The molecule has 0 bridgehead atoms. The lowest BCUT2D eigenvalue weighted by Gasteiger charge is -2.43. The van der Waals surface area contributed by atoms with E-state index in [0.717, 1.165) is 19.4 Å². The minimum atomic E-state index is -0.881. The molecule has 1 aliphatic carbocycles. The summed E-state index contributed by atoms with van der Waals surface area (Å²) in [5.74, 6) is -0.881. The molecule has 2 rings (SSSR count). The lowest BCUT2D eigenvalue weighted by atomic mass is 9.90. The summed E-state index contributed by atoms with van der Waals surface area (Å²) in [5, 5.41) is 8.60. The van der Waals surface area contributed by atoms with E-state index in [0.29, 0.717) is 18.8 Å². The van der Waals surface area contributed by atoms with Crippen LogP contribution in [0.1, 0.15) is 25.7 Å². The number of hydrogen-bond donors (Lipinski definition) is 1. The highest BCUT2D eigenvalue weighted by molar-refractivity contribution is 5.79. The van der Waals surface area contributed by atoms with Crippen molar-refractivity contribution in [1.82, 2.24) is 4.90 Å². The zero-order valence-electron chi connectivity index (χ0n) is 8.76. The Labute approximate surface area is 89.5 Å². The first kappa shape index (κ1) is 10.5. The summed E-state index contributed by atoms with van der Waals surface area (Å²) in [5.41, 5.74) is 0. The third kappa shape index (κ3) is 2.50. The second kappa shape index (κ2) is 4.66. The highest BCUT2D eigenvalue weighted by Crippen LogP contribution is 2.28. The average Bonchev–Trinajstić information content (AvgIpc) is 2.26. The first-order chi connectivity index (χ1) is 7.27. The van der Waals surface area contributed by atoms with Gasteiger partial charge >= 0.3 is 5.97 Å². The van der Waals surface area contributed by atoms with Gasteiger partial charge in [-0.1, -0.05) is 12.8 Å². The lowest BCUT2D eigenvalue weighted by Crippen LogP contribution is -2.50. The zero-order valence-corrected chi connectivity index (χ0v) is 8.76. The molecule has 4 heteroatoms. The quantitative estimate of drug-likeness (QED) is 0.698. The van der Waals surface area contributed by atoms with E-state index in [4.69, 9.17) is 9.84 Å². The molecular formula is C11H17NO3. The van der Waals surface area contributed by atoms with Gasteiger partial charge in [0.2, 0.25) is 0 Å². The van der Waals surface area contributed by atoms with Gasteiger partial charge in [-0.05, 0) is 12.8 Å². The fraction of sp³-hybridized carbons (Fsp3) is 0.727. The predicted molar refractivity (Wildman–Crippen MR) is 55.5 cm³/mol. The number of fused-ring (bicyclic) bond motifs is 1. The van der Waals surface area contributed by atoms with E-state index in [1.54, 1.807) is 6.20 Å². The minimum absolute atomic E-state index is 0.311. The number of carboxylic acids is 1. The predicted octanol–water partition coefficient (Wildman–Crippen LogP) is 1.23. The summed E-state index contributed by atoms with van der Waals surface area (Å²) in [4.78, 5) is 12.6. The number of morpholine rings is 1. The van der Waals surface area contributed by atoms with Crippen LogP contribution in [0.4, 0.5) is 0 Å². The van der Waals surface area contributed by atoms with Gasteiger partial charge in [-0.2, -0.15) is 0 Å². The molecule has 0 aromatic carbocycles. The summed E-state index contributed by atoms with van der Waals surface area (Å²) in [6, 6.07) is 0.392. The van der Waals surface area contributed by atoms with E-state index < -0.39 is 5.97 Å². The SMILES string of the molecule is O=C(O)/C=C/N1CCOC2CCCCC21. The molecule has 0 aromatic heterocycles. The van der Waals surface area contributed by atoms with Gasteiger partial charge in [-0.25, -0.2) is 4.79 Å². The van der Waals surface area contributed by atoms with Crippen LogP contribution in [0.5, 0.6) is 0 Å². The van der Waals surface area contributed by atoms with Crippen molar-refractivity contribution in [2.45, 2.75) is 37.8 Å². The number of ether oxygens (including phenoxy) is 1. The van der Waals surface area contributed by atoms with Crippen LogP contribution < -0.4 is 0 Å². The highest BCUT2D eigenvalue weighted by atomic mass is 16.5. The standard InChI is InChI=1S/C11H17NO3/c13-11(14)5-6-12-7-8-15-10-4-2-1-3-9(10)12/h5-6,9-10H,1-4,7-8H2,(H,13,14)/b6-5+. The maximum absolute atomic E-state index is 10.5. The Morgan fingerprint density at radius 3 is 3.00 bits per heavy atom. The van der Waals surface area contributed by atoms with Crippen LogP contribution in [-0.2, 0) is 9.53 Å². The molecule has 0 aromatic rings. The largest absolute Gasteiger partial charge is 0.478 e. The van der Waals surface area contributed by atoms with Crippen molar-refractivity contribution in [3.8, 4) is 0 Å². The Hall–Kier alpha value is -1.03. The molecule has 1 saturated heterocycles. The Kier molecular flexibility index (Phi) is 3.26. The number of nitrogens with zero attached hydrogens (tertiary/aromatic N) is 1. The van der Waals surface area contributed by atoms with Crippen LogP contribution >= 0.6 is 0 Å².